The minimum absolute atomic E-state index is 0.0973. The smallest absolute Gasteiger partial charge is 0.287 e. The molecule has 2 aromatic heterocycles. The molecule has 3 amide bonds. The van der Waals surface area contributed by atoms with Crippen molar-refractivity contribution in [2.75, 3.05) is 11.9 Å². The second-order valence-electron chi connectivity index (χ2n) is 12.4. The number of rotatable bonds is 11. The van der Waals surface area contributed by atoms with Gasteiger partial charge in [-0.3, -0.25) is 28.7 Å². The van der Waals surface area contributed by atoms with Crippen molar-refractivity contribution in [3.8, 4) is 0 Å². The predicted molar refractivity (Wildman–Crippen MR) is 161 cm³/mol. The van der Waals surface area contributed by atoms with E-state index in [4.69, 9.17) is 0 Å². The molecule has 0 aliphatic heterocycles. The molecule has 2 saturated carbocycles. The molecule has 2 fully saturated rings. The van der Waals surface area contributed by atoms with Gasteiger partial charge >= 0.3 is 0 Å². The van der Waals surface area contributed by atoms with Gasteiger partial charge in [-0.15, -0.1) is 0 Å². The molecule has 230 valence electrons. The molecular formula is C31H46N6O5. The first kappa shape index (κ1) is 32.8. The number of Topliss-reactive ketones (excluding diaryl/α,β-unsaturated/α-hetero) is 1. The minimum atomic E-state index is -0.572. The standard InChI is InChI=1S/C18H26N2O2.C13H20N4O3/c1-13-6-14-8-15(7-13)10-18(2,9-14)11-20-5-3-4-16(17(20)22)19-12-21;1-4-14-13(20)11(18)6-5-9(2)16-12(19)10-7-8-15-17(10)3/h3-5,12-15H,6-11H2,1-2H3,(H,19,21);7-9H,4-6H2,1-3H3,(H,14,20)(H,16,19). The summed E-state index contributed by atoms with van der Waals surface area (Å²) < 4.78 is 3.25. The predicted octanol–water partition coefficient (Wildman–Crippen LogP) is 3.29. The third kappa shape index (κ3) is 9.12. The fourth-order valence-electron chi connectivity index (χ4n) is 6.77. The lowest BCUT2D eigenvalue weighted by Gasteiger charge is -2.47. The Morgan fingerprint density at radius 3 is 2.45 bits per heavy atom. The van der Waals surface area contributed by atoms with Crippen LogP contribution in [0.25, 0.3) is 0 Å². The summed E-state index contributed by atoms with van der Waals surface area (Å²) in [6.45, 7) is 9.43. The summed E-state index contributed by atoms with van der Waals surface area (Å²) in [5.74, 6) is 1.21. The number of likely N-dealkylation sites (N-methyl/N-ethyl adjacent to an activating group) is 1. The quantitative estimate of drug-likeness (QED) is 0.274. The average Bonchev–Trinajstić information content (AvgIpc) is 3.35. The number of nitrogens with one attached hydrogen (secondary N) is 3. The van der Waals surface area contributed by atoms with Crippen LogP contribution in [0.5, 0.6) is 0 Å². The van der Waals surface area contributed by atoms with Crippen LogP contribution in [0.3, 0.4) is 0 Å². The third-order valence-corrected chi connectivity index (χ3v) is 8.31. The molecule has 2 aromatic rings. The second kappa shape index (κ2) is 14.9. The number of carbonyl (C=O) groups is 4. The summed E-state index contributed by atoms with van der Waals surface area (Å²) in [6.07, 6.45) is 11.0. The van der Waals surface area contributed by atoms with Gasteiger partial charge in [-0.2, -0.15) is 5.10 Å². The van der Waals surface area contributed by atoms with E-state index in [9.17, 15) is 24.0 Å². The molecule has 3 N–H and O–H groups in total. The molecule has 2 bridgehead atoms. The number of amides is 3. The summed E-state index contributed by atoms with van der Waals surface area (Å²) in [4.78, 5) is 57.6. The van der Waals surface area contributed by atoms with Crippen LogP contribution in [0.4, 0.5) is 5.69 Å². The van der Waals surface area contributed by atoms with E-state index < -0.39 is 11.7 Å². The summed E-state index contributed by atoms with van der Waals surface area (Å²) in [5.41, 5.74) is 0.912. The third-order valence-electron chi connectivity index (χ3n) is 8.31. The number of aromatic nitrogens is 3. The van der Waals surface area contributed by atoms with Crippen LogP contribution < -0.4 is 21.5 Å². The normalized spacial score (nSPS) is 23.5. The zero-order chi connectivity index (χ0) is 30.9. The van der Waals surface area contributed by atoms with Crippen molar-refractivity contribution in [3.05, 3.63) is 46.6 Å². The van der Waals surface area contributed by atoms with Gasteiger partial charge in [0.05, 0.1) is 0 Å². The van der Waals surface area contributed by atoms with Gasteiger partial charge in [-0.25, -0.2) is 0 Å². The van der Waals surface area contributed by atoms with E-state index in [0.29, 0.717) is 30.8 Å². The maximum absolute atomic E-state index is 12.4. The van der Waals surface area contributed by atoms with Gasteiger partial charge in [-0.1, -0.05) is 13.8 Å². The number of fused-ring (bicyclic) bond motifs is 2. The fourth-order valence-corrected chi connectivity index (χ4v) is 6.77. The van der Waals surface area contributed by atoms with Crippen molar-refractivity contribution in [2.45, 2.75) is 85.2 Å². The first-order valence-electron chi connectivity index (χ1n) is 14.9. The highest BCUT2D eigenvalue weighted by molar-refractivity contribution is 6.36. The van der Waals surface area contributed by atoms with E-state index in [1.165, 1.54) is 43.0 Å². The van der Waals surface area contributed by atoms with E-state index in [1.54, 1.807) is 37.6 Å². The Kier molecular flexibility index (Phi) is 11.6. The van der Waals surface area contributed by atoms with Crippen LogP contribution in [0.15, 0.2) is 35.4 Å². The van der Waals surface area contributed by atoms with Crippen molar-refractivity contribution >= 4 is 29.7 Å². The Morgan fingerprint density at radius 2 is 1.86 bits per heavy atom. The topological polar surface area (TPSA) is 144 Å². The molecule has 2 aliphatic rings. The highest BCUT2D eigenvalue weighted by Gasteiger charge is 2.41. The summed E-state index contributed by atoms with van der Waals surface area (Å²) in [6, 6.07) is 4.91. The average molecular weight is 583 g/mol. The monoisotopic (exact) mass is 582 g/mol. The number of carbonyl (C=O) groups excluding carboxylic acids is 4. The van der Waals surface area contributed by atoms with Crippen molar-refractivity contribution in [1.82, 2.24) is 25.0 Å². The van der Waals surface area contributed by atoms with Gasteiger partial charge in [0, 0.05) is 45.0 Å². The molecule has 0 spiro atoms. The first-order chi connectivity index (χ1) is 19.9. The number of nitrogens with zero attached hydrogens (tertiary/aromatic N) is 3. The molecule has 3 atom stereocenters. The number of ketones is 1. The van der Waals surface area contributed by atoms with Gasteiger partial charge in [0.15, 0.2) is 0 Å². The number of aryl methyl sites for hydroxylation is 1. The lowest BCUT2D eigenvalue weighted by molar-refractivity contribution is -0.137. The van der Waals surface area contributed by atoms with Crippen molar-refractivity contribution in [2.24, 2.45) is 30.2 Å². The highest BCUT2D eigenvalue weighted by Crippen LogP contribution is 2.50. The SMILES string of the molecule is CC1CC2CC(C1)CC(C)(Cn1cccc(NC=O)c1=O)C2.CCNC(=O)C(=O)CCC(C)NC(=O)c1ccnn1C. The Morgan fingerprint density at radius 1 is 1.17 bits per heavy atom. The van der Waals surface area contributed by atoms with E-state index in [1.807, 2.05) is 12.3 Å². The lowest BCUT2D eigenvalue weighted by atomic mass is 9.59. The van der Waals surface area contributed by atoms with Crippen LogP contribution in [-0.2, 0) is 28.0 Å². The number of hydrogen-bond acceptors (Lipinski definition) is 6. The van der Waals surface area contributed by atoms with Crippen LogP contribution in [0, 0.1) is 23.2 Å². The molecule has 42 heavy (non-hydrogen) atoms. The van der Waals surface area contributed by atoms with Gasteiger partial charge in [0.1, 0.15) is 11.4 Å². The van der Waals surface area contributed by atoms with E-state index in [0.717, 1.165) is 24.3 Å². The molecule has 3 unspecified atom stereocenters. The van der Waals surface area contributed by atoms with Gasteiger partial charge < -0.3 is 20.5 Å². The Bertz CT molecular complexity index is 1280. The highest BCUT2D eigenvalue weighted by atomic mass is 16.2. The number of anilines is 1. The molecule has 11 nitrogen and oxygen atoms in total. The number of pyridine rings is 1. The van der Waals surface area contributed by atoms with Crippen LogP contribution >= 0.6 is 0 Å². The first-order valence-corrected chi connectivity index (χ1v) is 14.9. The van der Waals surface area contributed by atoms with E-state index in [-0.39, 0.29) is 29.3 Å². The summed E-state index contributed by atoms with van der Waals surface area (Å²) in [7, 11) is 1.68. The molecule has 0 saturated heterocycles. The zero-order valence-electron chi connectivity index (χ0n) is 25.5. The van der Waals surface area contributed by atoms with Crippen molar-refractivity contribution in [1.29, 1.82) is 0 Å². The maximum atomic E-state index is 12.4. The number of hydrogen-bond donors (Lipinski definition) is 3. The maximum Gasteiger partial charge on any atom is 0.287 e. The van der Waals surface area contributed by atoms with Crippen molar-refractivity contribution in [3.63, 3.8) is 0 Å². The molecule has 0 aromatic carbocycles. The Hall–Kier alpha value is -3.76. The largest absolute Gasteiger partial charge is 0.350 e. The van der Waals surface area contributed by atoms with Gasteiger partial charge in [0.25, 0.3) is 17.4 Å². The second-order valence-corrected chi connectivity index (χ2v) is 12.4. The summed E-state index contributed by atoms with van der Waals surface area (Å²) >= 11 is 0. The van der Waals surface area contributed by atoms with Crippen LogP contribution in [-0.4, -0.2) is 50.9 Å². The van der Waals surface area contributed by atoms with Gasteiger partial charge in [0.2, 0.25) is 12.2 Å². The Balaban J connectivity index is 0.000000232. The van der Waals surface area contributed by atoms with Crippen LogP contribution in [0.2, 0.25) is 0 Å². The minimum Gasteiger partial charge on any atom is -0.350 e. The molecule has 2 aliphatic carbocycles. The molecule has 0 radical (unpaired) electrons. The summed E-state index contributed by atoms with van der Waals surface area (Å²) in [5, 5.41) is 11.6. The molecule has 11 heteroatoms. The zero-order valence-corrected chi connectivity index (χ0v) is 25.5. The lowest BCUT2D eigenvalue weighted by Crippen LogP contribution is -2.40. The van der Waals surface area contributed by atoms with E-state index >= 15 is 0 Å². The Labute approximate surface area is 247 Å². The van der Waals surface area contributed by atoms with Crippen LogP contribution in [0.1, 0.15) is 83.1 Å². The molecule has 4 rings (SSSR count). The fraction of sp³-hybridized carbons (Fsp3) is 0.613. The molecular weight excluding hydrogens is 536 g/mol. The van der Waals surface area contributed by atoms with Gasteiger partial charge in [-0.05, 0) is 93.7 Å². The van der Waals surface area contributed by atoms with E-state index in [2.05, 4.69) is 34.9 Å². The molecule has 2 heterocycles. The van der Waals surface area contributed by atoms with Crippen molar-refractivity contribution < 1.29 is 19.2 Å².